The van der Waals surface area contributed by atoms with Crippen molar-refractivity contribution in [1.82, 2.24) is 10.2 Å². The van der Waals surface area contributed by atoms with E-state index in [1.807, 2.05) is 26.0 Å². The third-order valence-corrected chi connectivity index (χ3v) is 4.09. The van der Waals surface area contributed by atoms with Crippen molar-refractivity contribution in [3.05, 3.63) is 29.8 Å². The summed E-state index contributed by atoms with van der Waals surface area (Å²) in [5.41, 5.74) is 0.671. The molecular formula is C16H25ClF2N2O2. The summed E-state index contributed by atoms with van der Waals surface area (Å²) in [6.07, 6.45) is 0. The predicted molar refractivity (Wildman–Crippen MR) is 88.4 cm³/mol. The number of nitrogens with zero attached hydrogens (tertiary/aromatic N) is 1. The number of benzene rings is 1. The monoisotopic (exact) mass is 350 g/mol. The van der Waals surface area contributed by atoms with Crippen LogP contribution in [-0.4, -0.2) is 49.4 Å². The molecule has 1 atom stereocenters. The second kappa shape index (κ2) is 8.78. The van der Waals surface area contributed by atoms with E-state index in [1.165, 1.54) is 0 Å². The van der Waals surface area contributed by atoms with Crippen LogP contribution in [0.4, 0.5) is 8.78 Å². The first-order valence-corrected chi connectivity index (χ1v) is 7.54. The molecule has 132 valence electrons. The zero-order chi connectivity index (χ0) is 16.2. The number of rotatable bonds is 6. The maximum absolute atomic E-state index is 12.2. The maximum atomic E-state index is 12.2. The molecule has 0 aliphatic carbocycles. The lowest BCUT2D eigenvalue weighted by Crippen LogP contribution is -2.49. The highest BCUT2D eigenvalue weighted by Crippen LogP contribution is 2.38. The smallest absolute Gasteiger partial charge is 0.387 e. The Balaban J connectivity index is 0.00000264. The SMILES string of the molecule is CC(C)(CO)[C@H](c1ccc(OC(F)F)cc1)N1CCNCC1.Cl. The van der Waals surface area contributed by atoms with Crippen LogP contribution in [0.5, 0.6) is 5.75 Å². The van der Waals surface area contributed by atoms with Crippen LogP contribution in [0.15, 0.2) is 24.3 Å². The summed E-state index contributed by atoms with van der Waals surface area (Å²) in [6.45, 7) is 4.87. The van der Waals surface area contributed by atoms with Gasteiger partial charge in [-0.25, -0.2) is 0 Å². The molecule has 0 saturated carbocycles. The molecule has 1 fully saturated rings. The molecule has 1 saturated heterocycles. The zero-order valence-electron chi connectivity index (χ0n) is 13.5. The number of piperazine rings is 1. The molecule has 0 aromatic heterocycles. The first-order valence-electron chi connectivity index (χ1n) is 7.54. The van der Waals surface area contributed by atoms with Crippen molar-refractivity contribution < 1.29 is 18.6 Å². The second-order valence-electron chi connectivity index (χ2n) is 6.28. The number of hydrogen-bond donors (Lipinski definition) is 2. The van der Waals surface area contributed by atoms with Crippen LogP contribution in [0.2, 0.25) is 0 Å². The van der Waals surface area contributed by atoms with Gasteiger partial charge in [0.25, 0.3) is 0 Å². The lowest BCUT2D eigenvalue weighted by atomic mass is 9.79. The third kappa shape index (κ3) is 5.28. The minimum absolute atomic E-state index is 0. The summed E-state index contributed by atoms with van der Waals surface area (Å²) in [6, 6.07) is 6.76. The van der Waals surface area contributed by atoms with Crippen LogP contribution in [0.1, 0.15) is 25.5 Å². The molecule has 1 aliphatic heterocycles. The summed E-state index contributed by atoms with van der Waals surface area (Å²) in [5, 5.41) is 13.1. The number of nitrogens with one attached hydrogen (secondary N) is 1. The minimum Gasteiger partial charge on any atom is -0.435 e. The number of aliphatic hydroxyl groups is 1. The molecule has 2 rings (SSSR count). The van der Waals surface area contributed by atoms with Crippen LogP contribution in [0, 0.1) is 5.41 Å². The molecule has 1 aromatic rings. The summed E-state index contributed by atoms with van der Waals surface area (Å²) in [4.78, 5) is 2.33. The molecule has 1 aliphatic rings. The lowest BCUT2D eigenvalue weighted by Gasteiger charge is -2.43. The molecule has 23 heavy (non-hydrogen) atoms. The van der Waals surface area contributed by atoms with Gasteiger partial charge in [0.15, 0.2) is 0 Å². The molecule has 7 heteroatoms. The second-order valence-corrected chi connectivity index (χ2v) is 6.28. The molecule has 2 N–H and O–H groups in total. The van der Waals surface area contributed by atoms with Crippen molar-refractivity contribution in [2.75, 3.05) is 32.8 Å². The van der Waals surface area contributed by atoms with Gasteiger partial charge < -0.3 is 15.2 Å². The van der Waals surface area contributed by atoms with E-state index in [-0.39, 0.29) is 36.2 Å². The molecule has 0 radical (unpaired) electrons. The molecule has 1 heterocycles. The van der Waals surface area contributed by atoms with Crippen molar-refractivity contribution in [3.8, 4) is 5.75 Å². The molecular weight excluding hydrogens is 326 g/mol. The van der Waals surface area contributed by atoms with Crippen LogP contribution in [0.3, 0.4) is 0 Å². The Morgan fingerprint density at radius 3 is 2.26 bits per heavy atom. The fourth-order valence-electron chi connectivity index (χ4n) is 3.01. The maximum Gasteiger partial charge on any atom is 0.387 e. The minimum atomic E-state index is -2.82. The summed E-state index contributed by atoms with van der Waals surface area (Å²) >= 11 is 0. The van der Waals surface area contributed by atoms with Crippen molar-refractivity contribution in [1.29, 1.82) is 0 Å². The summed E-state index contributed by atoms with van der Waals surface area (Å²) in [5.74, 6) is 0.152. The number of ether oxygens (including phenoxy) is 1. The number of aliphatic hydroxyl groups excluding tert-OH is 1. The standard InChI is InChI=1S/C16H24F2N2O2.ClH/c1-16(2,11-21)14(20-9-7-19-8-10-20)12-3-5-13(6-4-12)22-15(17)18;/h3-6,14-15,19,21H,7-11H2,1-2H3;1H/t14-;/m0./s1. The quantitative estimate of drug-likeness (QED) is 0.828. The first-order chi connectivity index (χ1) is 10.4. The average molecular weight is 351 g/mol. The highest BCUT2D eigenvalue weighted by molar-refractivity contribution is 5.85. The Labute approximate surface area is 142 Å². The summed E-state index contributed by atoms with van der Waals surface area (Å²) in [7, 11) is 0. The van der Waals surface area contributed by atoms with E-state index in [2.05, 4.69) is 15.0 Å². The molecule has 4 nitrogen and oxygen atoms in total. The van der Waals surface area contributed by atoms with Crippen molar-refractivity contribution >= 4 is 12.4 Å². The molecule has 0 amide bonds. The average Bonchev–Trinajstić information content (AvgIpc) is 2.49. The number of hydrogen-bond acceptors (Lipinski definition) is 4. The van der Waals surface area contributed by atoms with Gasteiger partial charge in [0.1, 0.15) is 5.75 Å². The van der Waals surface area contributed by atoms with Crippen molar-refractivity contribution in [2.24, 2.45) is 5.41 Å². The van der Waals surface area contributed by atoms with Gasteiger partial charge in [0, 0.05) is 44.2 Å². The van der Waals surface area contributed by atoms with E-state index < -0.39 is 6.61 Å². The summed E-state index contributed by atoms with van der Waals surface area (Å²) < 4.78 is 28.9. The van der Waals surface area contributed by atoms with Gasteiger partial charge in [-0.1, -0.05) is 26.0 Å². The third-order valence-electron chi connectivity index (χ3n) is 4.09. The van der Waals surface area contributed by atoms with Crippen LogP contribution >= 0.6 is 12.4 Å². The number of halogens is 3. The Hall–Kier alpha value is -0.950. The predicted octanol–water partition coefficient (Wildman–Crippen LogP) is 2.67. The van der Waals surface area contributed by atoms with Gasteiger partial charge in [-0.3, -0.25) is 4.90 Å². The van der Waals surface area contributed by atoms with Gasteiger partial charge >= 0.3 is 6.61 Å². The Morgan fingerprint density at radius 2 is 1.78 bits per heavy atom. The van der Waals surface area contributed by atoms with Gasteiger partial charge in [-0.15, -0.1) is 12.4 Å². The van der Waals surface area contributed by atoms with Gasteiger partial charge in [-0.2, -0.15) is 8.78 Å². The topological polar surface area (TPSA) is 44.7 Å². The van der Waals surface area contributed by atoms with Crippen LogP contribution < -0.4 is 10.1 Å². The van der Waals surface area contributed by atoms with E-state index in [0.717, 1.165) is 31.7 Å². The van der Waals surface area contributed by atoms with E-state index in [1.54, 1.807) is 12.1 Å². The van der Waals surface area contributed by atoms with Crippen molar-refractivity contribution in [2.45, 2.75) is 26.5 Å². The van der Waals surface area contributed by atoms with Gasteiger partial charge in [0.05, 0.1) is 0 Å². The highest BCUT2D eigenvalue weighted by atomic mass is 35.5. The fourth-order valence-corrected chi connectivity index (χ4v) is 3.01. The van der Waals surface area contributed by atoms with Gasteiger partial charge in [0.2, 0.25) is 0 Å². The van der Waals surface area contributed by atoms with E-state index >= 15 is 0 Å². The van der Waals surface area contributed by atoms with Gasteiger partial charge in [-0.05, 0) is 17.7 Å². The fraction of sp³-hybridized carbons (Fsp3) is 0.625. The normalized spacial score (nSPS) is 17.7. The van der Waals surface area contributed by atoms with E-state index in [9.17, 15) is 13.9 Å². The largest absolute Gasteiger partial charge is 0.435 e. The van der Waals surface area contributed by atoms with Crippen LogP contribution in [0.25, 0.3) is 0 Å². The van der Waals surface area contributed by atoms with E-state index in [0.29, 0.717) is 0 Å². The molecule has 0 unspecified atom stereocenters. The Morgan fingerprint density at radius 1 is 1.22 bits per heavy atom. The van der Waals surface area contributed by atoms with E-state index in [4.69, 9.17) is 0 Å². The Bertz CT molecular complexity index is 466. The number of alkyl halides is 2. The molecule has 0 bridgehead atoms. The zero-order valence-corrected chi connectivity index (χ0v) is 14.3. The first kappa shape index (κ1) is 20.1. The highest BCUT2D eigenvalue weighted by Gasteiger charge is 2.35. The lowest BCUT2D eigenvalue weighted by molar-refractivity contribution is -0.0499. The molecule has 0 spiro atoms. The van der Waals surface area contributed by atoms with Crippen molar-refractivity contribution in [3.63, 3.8) is 0 Å². The van der Waals surface area contributed by atoms with Crippen LogP contribution in [-0.2, 0) is 0 Å². The molecule has 1 aromatic carbocycles. The Kier molecular flexibility index (Phi) is 7.67.